The molecule has 0 saturated heterocycles. The lowest BCUT2D eigenvalue weighted by atomic mass is 10.1. The van der Waals surface area contributed by atoms with Crippen LogP contribution in [0, 0.1) is 6.92 Å². The summed E-state index contributed by atoms with van der Waals surface area (Å²) in [5.74, 6) is 1.01. The molecule has 1 N–H and O–H groups in total. The van der Waals surface area contributed by atoms with Gasteiger partial charge in [-0.25, -0.2) is 4.99 Å². The number of hydrogen-bond acceptors (Lipinski definition) is 5. The highest BCUT2D eigenvalue weighted by atomic mass is 32.2. The summed E-state index contributed by atoms with van der Waals surface area (Å²) in [6.07, 6.45) is 0.586. The monoisotopic (exact) mass is 443 g/mol. The van der Waals surface area contributed by atoms with Gasteiger partial charge in [-0.2, -0.15) is 0 Å². The summed E-state index contributed by atoms with van der Waals surface area (Å²) < 4.78 is 5.35. The summed E-state index contributed by atoms with van der Waals surface area (Å²) >= 11 is 1.45. The summed E-state index contributed by atoms with van der Waals surface area (Å²) in [6, 6.07) is 23.9. The van der Waals surface area contributed by atoms with E-state index in [1.165, 1.54) is 17.3 Å². The number of carbonyl (C=O) groups excluding carboxylic acids is 1. The zero-order valence-corrected chi connectivity index (χ0v) is 19.0. The van der Waals surface area contributed by atoms with Crippen molar-refractivity contribution in [3.8, 4) is 5.75 Å². The van der Waals surface area contributed by atoms with E-state index < -0.39 is 0 Å². The molecule has 1 aliphatic rings. The van der Waals surface area contributed by atoms with Gasteiger partial charge in [0.2, 0.25) is 5.91 Å². The molecule has 0 atom stereocenters. The van der Waals surface area contributed by atoms with Gasteiger partial charge in [-0.3, -0.25) is 9.79 Å². The van der Waals surface area contributed by atoms with Crippen LogP contribution in [-0.4, -0.2) is 29.5 Å². The van der Waals surface area contributed by atoms with Crippen molar-refractivity contribution < 1.29 is 9.53 Å². The van der Waals surface area contributed by atoms with Gasteiger partial charge in [0.1, 0.15) is 5.75 Å². The lowest BCUT2D eigenvalue weighted by molar-refractivity contribution is -0.118. The number of aliphatic imine (C=N–C) groups is 2. The van der Waals surface area contributed by atoms with Gasteiger partial charge in [-0.15, -0.1) is 11.8 Å². The van der Waals surface area contributed by atoms with Gasteiger partial charge in [0.05, 0.1) is 35.0 Å². The number of nitrogens with one attached hydrogen (secondary N) is 1. The van der Waals surface area contributed by atoms with E-state index in [2.05, 4.69) is 36.5 Å². The Morgan fingerprint density at radius 2 is 1.66 bits per heavy atom. The van der Waals surface area contributed by atoms with E-state index in [0.29, 0.717) is 13.0 Å². The molecular formula is C26H25N3O2S. The van der Waals surface area contributed by atoms with Crippen LogP contribution in [0.1, 0.15) is 23.1 Å². The molecule has 0 aliphatic carbocycles. The highest BCUT2D eigenvalue weighted by Crippen LogP contribution is 2.33. The summed E-state index contributed by atoms with van der Waals surface area (Å²) in [5.41, 5.74) is 5.85. The van der Waals surface area contributed by atoms with Crippen molar-refractivity contribution in [3.63, 3.8) is 0 Å². The molecule has 162 valence electrons. The molecule has 0 bridgehead atoms. The molecule has 0 radical (unpaired) electrons. The van der Waals surface area contributed by atoms with E-state index >= 15 is 0 Å². The first-order chi connectivity index (χ1) is 15.6. The van der Waals surface area contributed by atoms with Gasteiger partial charge in [-0.1, -0.05) is 60.2 Å². The van der Waals surface area contributed by atoms with Crippen LogP contribution in [0.15, 0.2) is 82.8 Å². The van der Waals surface area contributed by atoms with Gasteiger partial charge < -0.3 is 10.1 Å². The fourth-order valence-electron chi connectivity index (χ4n) is 3.39. The minimum absolute atomic E-state index is 0.0463. The third-order valence-corrected chi connectivity index (χ3v) is 6.10. The largest absolute Gasteiger partial charge is 0.496 e. The molecule has 4 rings (SSSR count). The third kappa shape index (κ3) is 5.45. The number of nitrogens with zero attached hydrogens (tertiary/aromatic N) is 2. The predicted molar refractivity (Wildman–Crippen MR) is 133 cm³/mol. The number of fused-ring (bicyclic) bond motifs is 1. The van der Waals surface area contributed by atoms with Crippen molar-refractivity contribution in [2.24, 2.45) is 9.98 Å². The van der Waals surface area contributed by atoms with E-state index in [1.807, 2.05) is 48.5 Å². The zero-order valence-electron chi connectivity index (χ0n) is 18.2. The smallest absolute Gasteiger partial charge is 0.230 e. The van der Waals surface area contributed by atoms with Crippen LogP contribution in [0.5, 0.6) is 5.75 Å². The lowest BCUT2D eigenvalue weighted by Gasteiger charge is -2.10. The van der Waals surface area contributed by atoms with Gasteiger partial charge in [0.15, 0.2) is 0 Å². The van der Waals surface area contributed by atoms with Gasteiger partial charge in [0, 0.05) is 18.5 Å². The molecule has 1 heterocycles. The Labute approximate surface area is 192 Å². The summed E-state index contributed by atoms with van der Waals surface area (Å²) in [7, 11) is 1.63. The number of aryl methyl sites for hydroxylation is 1. The van der Waals surface area contributed by atoms with Crippen LogP contribution in [0.25, 0.3) is 0 Å². The molecule has 3 aromatic rings. The van der Waals surface area contributed by atoms with Crippen molar-refractivity contribution >= 4 is 39.8 Å². The number of benzene rings is 3. The lowest BCUT2D eigenvalue weighted by Crippen LogP contribution is -2.25. The standard InChI is InChI=1S/C26H25N3O2S/c1-18-11-13-19(14-12-18)23-15-26(29-22-9-5-4-8-21(22)28-23)32-17-25(30)27-16-20-7-3-6-10-24(20)31-2/h3-14H,15-17H2,1-2H3,(H,27,30). The summed E-state index contributed by atoms with van der Waals surface area (Å²) in [4.78, 5) is 22.2. The van der Waals surface area contributed by atoms with Crippen LogP contribution in [0.3, 0.4) is 0 Å². The fourth-order valence-corrected chi connectivity index (χ4v) is 4.20. The Morgan fingerprint density at radius 1 is 0.969 bits per heavy atom. The average Bonchev–Trinajstić information content (AvgIpc) is 3.01. The van der Waals surface area contributed by atoms with Crippen molar-refractivity contribution in [2.45, 2.75) is 19.9 Å². The second-order valence-corrected chi connectivity index (χ2v) is 8.52. The van der Waals surface area contributed by atoms with Crippen LogP contribution < -0.4 is 10.1 Å². The van der Waals surface area contributed by atoms with Crippen molar-refractivity contribution in [1.29, 1.82) is 0 Å². The zero-order chi connectivity index (χ0) is 22.3. The number of hydrogen-bond donors (Lipinski definition) is 1. The number of para-hydroxylation sites is 3. The SMILES string of the molecule is COc1ccccc1CNC(=O)CSC1=Nc2ccccc2N=C(c2ccc(C)cc2)C1. The van der Waals surface area contributed by atoms with Crippen molar-refractivity contribution in [1.82, 2.24) is 5.32 Å². The molecule has 3 aromatic carbocycles. The molecule has 5 nitrogen and oxygen atoms in total. The molecule has 0 aromatic heterocycles. The molecule has 6 heteroatoms. The first-order valence-corrected chi connectivity index (χ1v) is 11.4. The molecular weight excluding hydrogens is 418 g/mol. The first-order valence-electron chi connectivity index (χ1n) is 10.4. The number of rotatable bonds is 6. The number of amides is 1. The number of thioether (sulfide) groups is 1. The highest BCUT2D eigenvalue weighted by Gasteiger charge is 2.16. The molecule has 0 saturated carbocycles. The van der Waals surface area contributed by atoms with Crippen LogP contribution >= 0.6 is 11.8 Å². The minimum atomic E-state index is -0.0463. The second kappa shape index (κ2) is 10.3. The van der Waals surface area contributed by atoms with Crippen LogP contribution in [-0.2, 0) is 11.3 Å². The number of ether oxygens (including phenoxy) is 1. The van der Waals surface area contributed by atoms with E-state index in [9.17, 15) is 4.79 Å². The van der Waals surface area contributed by atoms with Gasteiger partial charge in [-0.05, 0) is 30.7 Å². The summed E-state index contributed by atoms with van der Waals surface area (Å²) in [5, 5.41) is 3.85. The van der Waals surface area contributed by atoms with E-state index in [4.69, 9.17) is 14.7 Å². The number of methoxy groups -OCH3 is 1. The Kier molecular flexibility index (Phi) is 7.02. The Hall–Kier alpha value is -3.38. The van der Waals surface area contributed by atoms with Crippen LogP contribution in [0.4, 0.5) is 11.4 Å². The molecule has 1 aliphatic heterocycles. The molecule has 0 fully saturated rings. The maximum Gasteiger partial charge on any atom is 0.230 e. The maximum absolute atomic E-state index is 12.5. The Balaban J connectivity index is 1.46. The fraction of sp³-hybridized carbons (Fsp3) is 0.192. The van der Waals surface area contributed by atoms with E-state index in [0.717, 1.165) is 39.0 Å². The Bertz CT molecular complexity index is 1170. The third-order valence-electron chi connectivity index (χ3n) is 5.12. The molecule has 0 unspecified atom stereocenters. The maximum atomic E-state index is 12.5. The molecule has 0 spiro atoms. The van der Waals surface area contributed by atoms with Crippen molar-refractivity contribution in [3.05, 3.63) is 89.5 Å². The normalized spacial score (nSPS) is 12.8. The highest BCUT2D eigenvalue weighted by molar-refractivity contribution is 8.14. The Morgan fingerprint density at radius 3 is 2.41 bits per heavy atom. The number of carbonyl (C=O) groups is 1. The predicted octanol–water partition coefficient (Wildman–Crippen LogP) is 5.61. The second-order valence-electron chi connectivity index (χ2n) is 7.47. The molecule has 1 amide bonds. The quantitative estimate of drug-likeness (QED) is 0.539. The van der Waals surface area contributed by atoms with E-state index in [-0.39, 0.29) is 11.7 Å². The average molecular weight is 444 g/mol. The van der Waals surface area contributed by atoms with E-state index in [1.54, 1.807) is 7.11 Å². The van der Waals surface area contributed by atoms with Crippen molar-refractivity contribution in [2.75, 3.05) is 12.9 Å². The minimum Gasteiger partial charge on any atom is -0.496 e. The topological polar surface area (TPSA) is 63.0 Å². The van der Waals surface area contributed by atoms with Gasteiger partial charge >= 0.3 is 0 Å². The first kappa shape index (κ1) is 21.8. The summed E-state index contributed by atoms with van der Waals surface area (Å²) in [6.45, 7) is 2.50. The van der Waals surface area contributed by atoms with Gasteiger partial charge in [0.25, 0.3) is 0 Å². The molecule has 32 heavy (non-hydrogen) atoms. The van der Waals surface area contributed by atoms with Crippen LogP contribution in [0.2, 0.25) is 0 Å².